The molecule has 4 N–H and O–H groups in total. The van der Waals surface area contributed by atoms with Gasteiger partial charge in [0.1, 0.15) is 11.7 Å². The molecular formula is C13H20N4O. The molecule has 5 nitrogen and oxygen atoms in total. The lowest BCUT2D eigenvalue weighted by molar-refractivity contribution is 0.0350. The molecule has 1 aliphatic heterocycles. The Bertz CT molecular complexity index is 460. The first-order valence-corrected chi connectivity index (χ1v) is 6.18. The quantitative estimate of drug-likeness (QED) is 0.539. The maximum atomic E-state index is 9.96. The number of rotatable bonds is 2. The SMILES string of the molecule is Cc1ccc(C(=N)N)c(N2CCC(C)(O)CC2)n1. The zero-order valence-corrected chi connectivity index (χ0v) is 10.9. The lowest BCUT2D eigenvalue weighted by Gasteiger charge is -2.37. The first-order chi connectivity index (χ1) is 8.39. The van der Waals surface area contributed by atoms with Crippen molar-refractivity contribution in [1.29, 1.82) is 5.41 Å². The average molecular weight is 248 g/mol. The van der Waals surface area contributed by atoms with Crippen LogP contribution in [0.3, 0.4) is 0 Å². The Kier molecular flexibility index (Phi) is 3.26. The molecule has 0 aromatic carbocycles. The first-order valence-electron chi connectivity index (χ1n) is 6.18. The van der Waals surface area contributed by atoms with Crippen LogP contribution in [0.15, 0.2) is 12.1 Å². The van der Waals surface area contributed by atoms with Gasteiger partial charge in [-0.1, -0.05) is 0 Å². The normalized spacial score (nSPS) is 18.7. The standard InChI is InChI=1S/C13H20N4O/c1-9-3-4-10(11(14)15)12(16-9)17-7-5-13(2,18)6-8-17/h3-4,18H,5-8H2,1-2H3,(H3,14,15). The molecule has 0 radical (unpaired) electrons. The zero-order valence-electron chi connectivity index (χ0n) is 10.9. The van der Waals surface area contributed by atoms with E-state index in [1.165, 1.54) is 0 Å². The fraction of sp³-hybridized carbons (Fsp3) is 0.538. The second-order valence-electron chi connectivity index (χ2n) is 5.22. The fourth-order valence-electron chi connectivity index (χ4n) is 2.19. The van der Waals surface area contributed by atoms with Crippen molar-refractivity contribution in [1.82, 2.24) is 4.98 Å². The summed E-state index contributed by atoms with van der Waals surface area (Å²) < 4.78 is 0. The molecule has 0 amide bonds. The van der Waals surface area contributed by atoms with Crippen LogP contribution in [0.25, 0.3) is 0 Å². The molecule has 0 aliphatic carbocycles. The van der Waals surface area contributed by atoms with E-state index < -0.39 is 5.60 Å². The molecule has 18 heavy (non-hydrogen) atoms. The van der Waals surface area contributed by atoms with Crippen LogP contribution in [0.4, 0.5) is 5.82 Å². The highest BCUT2D eigenvalue weighted by Crippen LogP contribution is 2.27. The van der Waals surface area contributed by atoms with Crippen LogP contribution in [0.1, 0.15) is 31.0 Å². The molecule has 0 bridgehead atoms. The zero-order chi connectivity index (χ0) is 13.3. The summed E-state index contributed by atoms with van der Waals surface area (Å²) in [5.74, 6) is 0.799. The van der Waals surface area contributed by atoms with Crippen molar-refractivity contribution < 1.29 is 5.11 Å². The van der Waals surface area contributed by atoms with Crippen LogP contribution in [0.5, 0.6) is 0 Å². The lowest BCUT2D eigenvalue weighted by atomic mass is 9.93. The Morgan fingerprint density at radius 2 is 2.06 bits per heavy atom. The van der Waals surface area contributed by atoms with E-state index in [-0.39, 0.29) is 5.84 Å². The highest BCUT2D eigenvalue weighted by atomic mass is 16.3. The molecule has 0 unspecified atom stereocenters. The number of hydrogen-bond donors (Lipinski definition) is 3. The van der Waals surface area contributed by atoms with E-state index in [2.05, 4.69) is 9.88 Å². The van der Waals surface area contributed by atoms with E-state index in [4.69, 9.17) is 11.1 Å². The van der Waals surface area contributed by atoms with Gasteiger partial charge in [-0.05, 0) is 38.8 Å². The number of hydrogen-bond acceptors (Lipinski definition) is 4. The Morgan fingerprint density at radius 3 is 2.61 bits per heavy atom. The van der Waals surface area contributed by atoms with Crippen molar-refractivity contribution >= 4 is 11.7 Å². The molecule has 2 heterocycles. The summed E-state index contributed by atoms with van der Waals surface area (Å²) >= 11 is 0. The van der Waals surface area contributed by atoms with E-state index >= 15 is 0 Å². The molecule has 2 rings (SSSR count). The van der Waals surface area contributed by atoms with Gasteiger partial charge in [-0.25, -0.2) is 4.98 Å². The number of pyridine rings is 1. The minimum Gasteiger partial charge on any atom is -0.390 e. The highest BCUT2D eigenvalue weighted by molar-refractivity contribution is 5.99. The third-order valence-electron chi connectivity index (χ3n) is 3.44. The maximum Gasteiger partial charge on any atom is 0.139 e. The summed E-state index contributed by atoms with van der Waals surface area (Å²) in [4.78, 5) is 6.59. The van der Waals surface area contributed by atoms with E-state index in [9.17, 15) is 5.11 Å². The molecule has 1 fully saturated rings. The number of aryl methyl sites for hydroxylation is 1. The van der Waals surface area contributed by atoms with Crippen molar-refractivity contribution in [3.8, 4) is 0 Å². The predicted octanol–water partition coefficient (Wildman–Crippen LogP) is 1.03. The first kappa shape index (κ1) is 12.8. The maximum absolute atomic E-state index is 9.96. The largest absolute Gasteiger partial charge is 0.390 e. The summed E-state index contributed by atoms with van der Waals surface area (Å²) in [6.45, 7) is 5.26. The van der Waals surface area contributed by atoms with E-state index in [1.807, 2.05) is 26.0 Å². The number of nitrogens with one attached hydrogen (secondary N) is 1. The molecule has 5 heteroatoms. The van der Waals surface area contributed by atoms with E-state index in [0.717, 1.165) is 24.6 Å². The minimum absolute atomic E-state index is 0.0369. The number of piperidine rings is 1. The number of nitrogen functional groups attached to an aromatic ring is 1. The van der Waals surface area contributed by atoms with Gasteiger partial charge in [-0.3, -0.25) is 5.41 Å². The third kappa shape index (κ3) is 2.61. The molecule has 1 saturated heterocycles. The smallest absolute Gasteiger partial charge is 0.139 e. The number of nitrogens with zero attached hydrogens (tertiary/aromatic N) is 2. The summed E-state index contributed by atoms with van der Waals surface area (Å²) in [5, 5.41) is 17.6. The number of anilines is 1. The Hall–Kier alpha value is -1.62. The second-order valence-corrected chi connectivity index (χ2v) is 5.22. The second kappa shape index (κ2) is 4.57. The monoisotopic (exact) mass is 248 g/mol. The van der Waals surface area contributed by atoms with Crippen LogP contribution in [-0.4, -0.2) is 34.6 Å². The minimum atomic E-state index is -0.587. The summed E-state index contributed by atoms with van der Waals surface area (Å²) in [6, 6.07) is 3.70. The molecule has 0 spiro atoms. The number of aliphatic hydroxyl groups is 1. The Morgan fingerprint density at radius 1 is 1.44 bits per heavy atom. The molecular weight excluding hydrogens is 228 g/mol. The van der Waals surface area contributed by atoms with Gasteiger partial charge in [0.2, 0.25) is 0 Å². The highest BCUT2D eigenvalue weighted by Gasteiger charge is 2.29. The molecule has 0 atom stereocenters. The van der Waals surface area contributed by atoms with Crippen LogP contribution in [0, 0.1) is 12.3 Å². The molecule has 1 aromatic rings. The summed E-state index contributed by atoms with van der Waals surface area (Å²) in [5.41, 5.74) is 6.58. The van der Waals surface area contributed by atoms with Gasteiger partial charge in [-0.2, -0.15) is 0 Å². The van der Waals surface area contributed by atoms with E-state index in [1.54, 1.807) is 0 Å². The van der Waals surface area contributed by atoms with Crippen molar-refractivity contribution in [2.75, 3.05) is 18.0 Å². The van der Waals surface area contributed by atoms with Crippen molar-refractivity contribution in [2.45, 2.75) is 32.3 Å². The van der Waals surface area contributed by atoms with Gasteiger partial charge < -0.3 is 15.7 Å². The van der Waals surface area contributed by atoms with Crippen molar-refractivity contribution in [3.63, 3.8) is 0 Å². The lowest BCUT2D eigenvalue weighted by Crippen LogP contribution is -2.43. The summed E-state index contributed by atoms with van der Waals surface area (Å²) in [7, 11) is 0. The molecule has 1 aromatic heterocycles. The van der Waals surface area contributed by atoms with Gasteiger partial charge >= 0.3 is 0 Å². The van der Waals surface area contributed by atoms with Gasteiger partial charge in [0.15, 0.2) is 0 Å². The number of nitrogens with two attached hydrogens (primary N) is 1. The van der Waals surface area contributed by atoms with Crippen LogP contribution in [-0.2, 0) is 0 Å². The van der Waals surface area contributed by atoms with Crippen LogP contribution in [0.2, 0.25) is 0 Å². The fourth-order valence-corrected chi connectivity index (χ4v) is 2.19. The van der Waals surface area contributed by atoms with Crippen LogP contribution >= 0.6 is 0 Å². The number of aromatic nitrogens is 1. The number of amidine groups is 1. The Balaban J connectivity index is 2.28. The average Bonchev–Trinajstić information content (AvgIpc) is 2.28. The van der Waals surface area contributed by atoms with E-state index in [0.29, 0.717) is 18.4 Å². The van der Waals surface area contributed by atoms with Gasteiger partial charge in [0, 0.05) is 18.8 Å². The van der Waals surface area contributed by atoms with Gasteiger partial charge in [0.25, 0.3) is 0 Å². The Labute approximate surface area is 107 Å². The van der Waals surface area contributed by atoms with Gasteiger partial charge in [-0.15, -0.1) is 0 Å². The summed E-state index contributed by atoms with van der Waals surface area (Å²) in [6.07, 6.45) is 1.42. The van der Waals surface area contributed by atoms with Gasteiger partial charge in [0.05, 0.1) is 11.2 Å². The van der Waals surface area contributed by atoms with Crippen molar-refractivity contribution in [2.24, 2.45) is 5.73 Å². The van der Waals surface area contributed by atoms with Crippen molar-refractivity contribution in [3.05, 3.63) is 23.4 Å². The molecule has 0 saturated carbocycles. The predicted molar refractivity (Wildman–Crippen MR) is 72.1 cm³/mol. The molecule has 98 valence electrons. The molecule has 1 aliphatic rings. The topological polar surface area (TPSA) is 86.2 Å². The third-order valence-corrected chi connectivity index (χ3v) is 3.44. The van der Waals surface area contributed by atoms with Crippen LogP contribution < -0.4 is 10.6 Å².